The van der Waals surface area contributed by atoms with Gasteiger partial charge in [0.25, 0.3) is 0 Å². The van der Waals surface area contributed by atoms with Gasteiger partial charge in [-0.3, -0.25) is 0 Å². The Bertz CT molecular complexity index is 454. The molecule has 0 aromatic heterocycles. The van der Waals surface area contributed by atoms with Crippen molar-refractivity contribution in [2.24, 2.45) is 0 Å². The van der Waals surface area contributed by atoms with Crippen molar-refractivity contribution in [3.63, 3.8) is 0 Å². The molecule has 0 saturated heterocycles. The average Bonchev–Trinajstić information content (AvgIpc) is 2.17. The third kappa shape index (κ3) is 2.91. The van der Waals surface area contributed by atoms with E-state index in [2.05, 4.69) is 4.18 Å². The normalized spacial score (nSPS) is 11.0. The van der Waals surface area contributed by atoms with E-state index >= 15 is 0 Å². The molecule has 0 fully saturated rings. The summed E-state index contributed by atoms with van der Waals surface area (Å²) in [6, 6.07) is 4.98. The lowest BCUT2D eigenvalue weighted by molar-refractivity contribution is -0.134. The van der Waals surface area contributed by atoms with Crippen LogP contribution in [0.2, 0.25) is 0 Å². The van der Waals surface area contributed by atoms with Crippen LogP contribution in [0.5, 0.6) is 0 Å². The third-order valence-electron chi connectivity index (χ3n) is 1.48. The topological polar surface area (TPSA) is 86.5 Å². The summed E-state index contributed by atoms with van der Waals surface area (Å²) in [5.41, 5.74) is 5.70. The SMILES string of the molecule is Nc1ccc(S(=O)(=O)OC(=O)CF)cc1. The highest BCUT2D eigenvalue weighted by atomic mass is 32.2. The Balaban J connectivity index is 2.96. The fourth-order valence-electron chi connectivity index (χ4n) is 0.827. The Hall–Kier alpha value is -1.63. The number of nitrogens with two attached hydrogens (primary N) is 1. The summed E-state index contributed by atoms with van der Waals surface area (Å²) in [7, 11) is -4.23. The van der Waals surface area contributed by atoms with Crippen LogP contribution in [-0.4, -0.2) is 21.1 Å². The number of carbonyl (C=O) groups is 1. The van der Waals surface area contributed by atoms with Crippen LogP contribution in [0.15, 0.2) is 29.2 Å². The quantitative estimate of drug-likeness (QED) is 0.605. The second-order valence-electron chi connectivity index (χ2n) is 2.61. The van der Waals surface area contributed by atoms with E-state index < -0.39 is 22.8 Å². The van der Waals surface area contributed by atoms with E-state index in [9.17, 15) is 17.6 Å². The zero-order valence-electron chi connectivity index (χ0n) is 7.51. The molecular weight excluding hydrogens is 225 g/mol. The van der Waals surface area contributed by atoms with Gasteiger partial charge in [-0.1, -0.05) is 0 Å². The number of anilines is 1. The molecule has 82 valence electrons. The molecule has 0 amide bonds. The van der Waals surface area contributed by atoms with Crippen LogP contribution in [-0.2, 0) is 19.1 Å². The van der Waals surface area contributed by atoms with Crippen LogP contribution in [0.25, 0.3) is 0 Å². The highest BCUT2D eigenvalue weighted by Crippen LogP contribution is 2.14. The van der Waals surface area contributed by atoms with Crippen molar-refractivity contribution >= 4 is 21.8 Å². The molecule has 0 heterocycles. The van der Waals surface area contributed by atoms with E-state index in [-0.39, 0.29) is 4.90 Å². The second-order valence-corrected chi connectivity index (χ2v) is 4.16. The number of carbonyl (C=O) groups excluding carboxylic acids is 1. The van der Waals surface area contributed by atoms with Crippen LogP contribution < -0.4 is 5.73 Å². The second kappa shape index (κ2) is 4.26. The number of hydrogen-bond donors (Lipinski definition) is 1. The van der Waals surface area contributed by atoms with Gasteiger partial charge in [0.1, 0.15) is 4.90 Å². The van der Waals surface area contributed by atoms with Gasteiger partial charge < -0.3 is 9.92 Å². The smallest absolute Gasteiger partial charge is 0.353 e. The standard InChI is InChI=1S/C8H8FNO4S/c9-5-8(11)14-15(12,13)7-3-1-6(10)2-4-7/h1-4H,5,10H2. The Morgan fingerprint density at radius 2 is 1.87 bits per heavy atom. The van der Waals surface area contributed by atoms with Gasteiger partial charge in [0.15, 0.2) is 6.67 Å². The maximum absolute atomic E-state index is 11.7. The number of benzene rings is 1. The maximum atomic E-state index is 11.7. The first kappa shape index (κ1) is 11.4. The predicted molar refractivity (Wildman–Crippen MR) is 50.1 cm³/mol. The van der Waals surface area contributed by atoms with Gasteiger partial charge in [-0.05, 0) is 24.3 Å². The lowest BCUT2D eigenvalue weighted by atomic mass is 10.3. The van der Waals surface area contributed by atoms with E-state index in [1.807, 2.05) is 0 Å². The Kier molecular flexibility index (Phi) is 3.25. The minimum Gasteiger partial charge on any atom is -0.399 e. The van der Waals surface area contributed by atoms with Gasteiger partial charge in [-0.2, -0.15) is 8.42 Å². The van der Waals surface area contributed by atoms with Gasteiger partial charge in [0.2, 0.25) is 0 Å². The summed E-state index contributed by atoms with van der Waals surface area (Å²) in [4.78, 5) is 10.2. The van der Waals surface area contributed by atoms with Crippen molar-refractivity contribution in [3.8, 4) is 0 Å². The molecule has 7 heteroatoms. The number of halogens is 1. The number of rotatable bonds is 3. The molecule has 0 atom stereocenters. The summed E-state index contributed by atoms with van der Waals surface area (Å²) in [5, 5.41) is 0. The van der Waals surface area contributed by atoms with Gasteiger partial charge in [-0.25, -0.2) is 9.18 Å². The Morgan fingerprint density at radius 3 is 2.33 bits per heavy atom. The lowest BCUT2D eigenvalue weighted by Gasteiger charge is -2.03. The molecule has 0 unspecified atom stereocenters. The molecule has 0 radical (unpaired) electrons. The summed E-state index contributed by atoms with van der Waals surface area (Å²) in [6.45, 7) is -1.49. The fraction of sp³-hybridized carbons (Fsp3) is 0.125. The molecule has 1 rings (SSSR count). The largest absolute Gasteiger partial charge is 0.399 e. The number of hydrogen-bond acceptors (Lipinski definition) is 5. The molecule has 5 nitrogen and oxygen atoms in total. The molecule has 0 bridgehead atoms. The van der Waals surface area contributed by atoms with Gasteiger partial charge in [-0.15, -0.1) is 0 Å². The minimum absolute atomic E-state index is 0.251. The Labute approximate surface area is 85.8 Å². The van der Waals surface area contributed by atoms with Crippen molar-refractivity contribution in [3.05, 3.63) is 24.3 Å². The molecule has 2 N–H and O–H groups in total. The highest BCUT2D eigenvalue weighted by molar-refractivity contribution is 7.87. The zero-order valence-corrected chi connectivity index (χ0v) is 8.33. The molecule has 0 aliphatic carbocycles. The van der Waals surface area contributed by atoms with Crippen molar-refractivity contribution in [1.29, 1.82) is 0 Å². The van der Waals surface area contributed by atoms with Crippen LogP contribution in [0.1, 0.15) is 0 Å². The van der Waals surface area contributed by atoms with Crippen molar-refractivity contribution in [2.45, 2.75) is 4.90 Å². The third-order valence-corrected chi connectivity index (χ3v) is 2.74. The highest BCUT2D eigenvalue weighted by Gasteiger charge is 2.19. The molecule has 1 aromatic carbocycles. The number of nitrogen functional groups attached to an aromatic ring is 1. The molecule has 0 aliphatic heterocycles. The van der Waals surface area contributed by atoms with Crippen LogP contribution in [0, 0.1) is 0 Å². The fourth-order valence-corrected chi connectivity index (χ4v) is 1.68. The summed E-state index contributed by atoms with van der Waals surface area (Å²) < 4.78 is 38.2. The van der Waals surface area contributed by atoms with E-state index in [4.69, 9.17) is 5.73 Å². The molecular formula is C8H8FNO4S. The van der Waals surface area contributed by atoms with Crippen LogP contribution in [0.3, 0.4) is 0 Å². The van der Waals surface area contributed by atoms with Crippen LogP contribution >= 0.6 is 0 Å². The molecule has 15 heavy (non-hydrogen) atoms. The van der Waals surface area contributed by atoms with E-state index in [0.29, 0.717) is 5.69 Å². The maximum Gasteiger partial charge on any atom is 0.353 e. The minimum atomic E-state index is -4.23. The van der Waals surface area contributed by atoms with Gasteiger partial charge in [0.05, 0.1) is 0 Å². The van der Waals surface area contributed by atoms with Crippen molar-refractivity contribution in [1.82, 2.24) is 0 Å². The van der Waals surface area contributed by atoms with E-state index in [0.717, 1.165) is 12.1 Å². The van der Waals surface area contributed by atoms with E-state index in [1.165, 1.54) is 12.1 Å². The van der Waals surface area contributed by atoms with E-state index in [1.54, 1.807) is 0 Å². The molecule has 1 aromatic rings. The zero-order chi connectivity index (χ0) is 11.5. The molecule has 0 spiro atoms. The first-order chi connectivity index (χ1) is 6.95. The molecule has 0 saturated carbocycles. The summed E-state index contributed by atoms with van der Waals surface area (Å²) >= 11 is 0. The van der Waals surface area contributed by atoms with Crippen molar-refractivity contribution < 1.29 is 21.8 Å². The first-order valence-corrected chi connectivity index (χ1v) is 5.25. The van der Waals surface area contributed by atoms with Crippen molar-refractivity contribution in [2.75, 3.05) is 12.4 Å². The van der Waals surface area contributed by atoms with Gasteiger partial charge in [0, 0.05) is 5.69 Å². The Morgan fingerprint density at radius 1 is 1.33 bits per heavy atom. The lowest BCUT2D eigenvalue weighted by Crippen LogP contribution is -2.14. The van der Waals surface area contributed by atoms with Gasteiger partial charge >= 0.3 is 16.1 Å². The van der Waals surface area contributed by atoms with Crippen LogP contribution in [0.4, 0.5) is 10.1 Å². The molecule has 0 aliphatic rings. The first-order valence-electron chi connectivity index (χ1n) is 3.84. The number of alkyl halides is 1. The summed E-state index contributed by atoms with van der Waals surface area (Å²) in [6.07, 6.45) is 0. The summed E-state index contributed by atoms with van der Waals surface area (Å²) in [5.74, 6) is -1.45. The monoisotopic (exact) mass is 233 g/mol. The predicted octanol–water partition coefficient (Wildman–Crippen LogP) is 0.470. The average molecular weight is 233 g/mol.